The van der Waals surface area contributed by atoms with Gasteiger partial charge in [0.05, 0.1) is 0 Å². The lowest BCUT2D eigenvalue weighted by atomic mass is 9.86. The lowest BCUT2D eigenvalue weighted by Crippen LogP contribution is -2.50. The number of likely N-dealkylation sites (N-methyl/N-ethyl adjacent to an activating group) is 1. The maximum absolute atomic E-state index is 12.0. The predicted octanol–water partition coefficient (Wildman–Crippen LogP) is 2.41. The van der Waals surface area contributed by atoms with Gasteiger partial charge in [-0.05, 0) is 24.8 Å². The summed E-state index contributed by atoms with van der Waals surface area (Å²) in [4.78, 5) is 14.0. The summed E-state index contributed by atoms with van der Waals surface area (Å²) in [6.07, 6.45) is 4.16. The highest BCUT2D eigenvalue weighted by Crippen LogP contribution is 2.21. The van der Waals surface area contributed by atoms with Gasteiger partial charge in [-0.2, -0.15) is 0 Å². The number of likely N-dealkylation sites (tertiary alicyclic amines) is 1. The molecule has 3 heteroatoms. The quantitative estimate of drug-likeness (QED) is 0.818. The summed E-state index contributed by atoms with van der Waals surface area (Å²) in [7, 11) is 0. The zero-order valence-electron chi connectivity index (χ0n) is 11.9. The normalized spacial score (nSPS) is 20.2. The molecule has 1 amide bonds. The highest BCUT2D eigenvalue weighted by molar-refractivity contribution is 5.76. The van der Waals surface area contributed by atoms with Crippen molar-refractivity contribution < 1.29 is 4.79 Å². The van der Waals surface area contributed by atoms with E-state index >= 15 is 0 Å². The zero-order valence-corrected chi connectivity index (χ0v) is 11.9. The molecule has 1 saturated heterocycles. The molecular weight excluding hydrogens is 212 g/mol. The van der Waals surface area contributed by atoms with E-state index in [1.165, 1.54) is 6.42 Å². The molecule has 100 valence electrons. The van der Waals surface area contributed by atoms with Crippen LogP contribution in [-0.2, 0) is 4.79 Å². The fourth-order valence-electron chi connectivity index (χ4n) is 2.34. The summed E-state index contributed by atoms with van der Waals surface area (Å²) < 4.78 is 0. The number of carbonyl (C=O) groups is 1. The van der Waals surface area contributed by atoms with Crippen LogP contribution in [0.5, 0.6) is 0 Å². The molecule has 1 N–H and O–H groups in total. The van der Waals surface area contributed by atoms with E-state index < -0.39 is 0 Å². The van der Waals surface area contributed by atoms with Crippen LogP contribution in [0.15, 0.2) is 0 Å². The van der Waals surface area contributed by atoms with E-state index in [2.05, 4.69) is 37.9 Å². The average Bonchev–Trinajstić information content (AvgIpc) is 2.42. The van der Waals surface area contributed by atoms with Gasteiger partial charge in [0.2, 0.25) is 5.91 Å². The second kappa shape index (κ2) is 6.39. The Balaban J connectivity index is 2.61. The van der Waals surface area contributed by atoms with E-state index in [0.29, 0.717) is 11.9 Å². The maximum Gasteiger partial charge on any atom is 0.222 e. The van der Waals surface area contributed by atoms with Crippen molar-refractivity contribution in [1.82, 2.24) is 10.2 Å². The van der Waals surface area contributed by atoms with Crippen LogP contribution in [0.2, 0.25) is 0 Å². The molecule has 1 rings (SSSR count). The minimum Gasteiger partial charge on any atom is -0.341 e. The number of carbonyl (C=O) groups excluding carboxylic acids is 1. The van der Waals surface area contributed by atoms with Crippen molar-refractivity contribution in [2.45, 2.75) is 59.4 Å². The Kier molecular flexibility index (Phi) is 5.44. The van der Waals surface area contributed by atoms with Gasteiger partial charge in [-0.1, -0.05) is 34.1 Å². The number of hydrogen-bond donors (Lipinski definition) is 1. The Morgan fingerprint density at radius 2 is 2.00 bits per heavy atom. The minimum absolute atomic E-state index is 0.197. The summed E-state index contributed by atoms with van der Waals surface area (Å²) in [5, 5.41) is 3.52. The number of rotatable bonds is 4. The van der Waals surface area contributed by atoms with Crippen LogP contribution in [0.3, 0.4) is 0 Å². The van der Waals surface area contributed by atoms with Gasteiger partial charge in [0.25, 0.3) is 0 Å². The average molecular weight is 240 g/mol. The van der Waals surface area contributed by atoms with Gasteiger partial charge in [0, 0.05) is 25.6 Å². The van der Waals surface area contributed by atoms with Gasteiger partial charge < -0.3 is 10.2 Å². The summed E-state index contributed by atoms with van der Waals surface area (Å²) in [5.41, 5.74) is 0.197. The molecule has 1 aliphatic rings. The third kappa shape index (κ3) is 4.66. The van der Waals surface area contributed by atoms with Crippen molar-refractivity contribution in [3.63, 3.8) is 0 Å². The van der Waals surface area contributed by atoms with Crippen molar-refractivity contribution in [2.75, 3.05) is 19.6 Å². The van der Waals surface area contributed by atoms with Gasteiger partial charge in [-0.15, -0.1) is 0 Å². The van der Waals surface area contributed by atoms with E-state index in [-0.39, 0.29) is 5.41 Å². The monoisotopic (exact) mass is 240 g/mol. The Labute approximate surface area is 106 Å². The van der Waals surface area contributed by atoms with E-state index in [1.54, 1.807) is 0 Å². The summed E-state index contributed by atoms with van der Waals surface area (Å²) in [5.74, 6) is 0.342. The molecule has 0 radical (unpaired) electrons. The summed E-state index contributed by atoms with van der Waals surface area (Å²) in [6.45, 7) is 11.6. The third-order valence-electron chi connectivity index (χ3n) is 3.57. The number of nitrogens with zero attached hydrogens (tertiary/aromatic N) is 1. The molecule has 0 spiro atoms. The van der Waals surface area contributed by atoms with Crippen molar-refractivity contribution in [3.8, 4) is 0 Å². The molecule has 1 aliphatic heterocycles. The summed E-state index contributed by atoms with van der Waals surface area (Å²) >= 11 is 0. The molecule has 3 nitrogen and oxygen atoms in total. The Morgan fingerprint density at radius 3 is 2.59 bits per heavy atom. The van der Waals surface area contributed by atoms with Gasteiger partial charge in [-0.3, -0.25) is 4.79 Å². The first-order valence-corrected chi connectivity index (χ1v) is 6.96. The highest BCUT2D eigenvalue weighted by atomic mass is 16.2. The van der Waals surface area contributed by atoms with Crippen LogP contribution in [0.1, 0.15) is 53.4 Å². The molecule has 0 aromatic carbocycles. The van der Waals surface area contributed by atoms with Crippen LogP contribution < -0.4 is 5.32 Å². The standard InChI is InChI=1S/C14H28N2O/c1-5-15-12(14(2,3)4)11-16-10-8-6-7-9-13(16)17/h12,15H,5-11H2,1-4H3. The van der Waals surface area contributed by atoms with Crippen molar-refractivity contribution >= 4 is 5.91 Å². The van der Waals surface area contributed by atoms with Gasteiger partial charge in [0.1, 0.15) is 0 Å². The first kappa shape index (κ1) is 14.5. The van der Waals surface area contributed by atoms with Gasteiger partial charge in [0.15, 0.2) is 0 Å². The second-order valence-electron chi connectivity index (χ2n) is 6.13. The smallest absolute Gasteiger partial charge is 0.222 e. The topological polar surface area (TPSA) is 32.3 Å². The molecule has 0 bridgehead atoms. The molecule has 0 aromatic heterocycles. The fraction of sp³-hybridized carbons (Fsp3) is 0.929. The molecule has 1 heterocycles. The molecule has 1 unspecified atom stereocenters. The van der Waals surface area contributed by atoms with Crippen molar-refractivity contribution in [1.29, 1.82) is 0 Å². The lowest BCUT2D eigenvalue weighted by molar-refractivity contribution is -0.131. The predicted molar refractivity (Wildman–Crippen MR) is 72.0 cm³/mol. The Hall–Kier alpha value is -0.570. The molecule has 0 saturated carbocycles. The third-order valence-corrected chi connectivity index (χ3v) is 3.57. The van der Waals surface area contributed by atoms with Gasteiger partial charge >= 0.3 is 0 Å². The molecular formula is C14H28N2O. The molecule has 0 aliphatic carbocycles. The van der Waals surface area contributed by atoms with Crippen LogP contribution in [-0.4, -0.2) is 36.5 Å². The SMILES string of the molecule is CCNC(CN1CCCCCC1=O)C(C)(C)C. The Morgan fingerprint density at radius 1 is 1.29 bits per heavy atom. The molecule has 1 fully saturated rings. The fourth-order valence-corrected chi connectivity index (χ4v) is 2.34. The highest BCUT2D eigenvalue weighted by Gasteiger charge is 2.28. The largest absolute Gasteiger partial charge is 0.341 e. The maximum atomic E-state index is 12.0. The van der Waals surface area contributed by atoms with E-state index in [1.807, 2.05) is 0 Å². The molecule has 0 aromatic rings. The van der Waals surface area contributed by atoms with Crippen LogP contribution >= 0.6 is 0 Å². The lowest BCUT2D eigenvalue weighted by Gasteiger charge is -2.35. The molecule has 17 heavy (non-hydrogen) atoms. The minimum atomic E-state index is 0.197. The number of amides is 1. The summed E-state index contributed by atoms with van der Waals surface area (Å²) in [6, 6.07) is 0.384. The molecule has 1 atom stereocenters. The van der Waals surface area contributed by atoms with E-state index in [4.69, 9.17) is 0 Å². The van der Waals surface area contributed by atoms with E-state index in [0.717, 1.165) is 38.9 Å². The Bertz CT molecular complexity index is 245. The van der Waals surface area contributed by atoms with E-state index in [9.17, 15) is 4.79 Å². The van der Waals surface area contributed by atoms with Gasteiger partial charge in [-0.25, -0.2) is 0 Å². The first-order chi connectivity index (χ1) is 7.95. The number of nitrogens with one attached hydrogen (secondary N) is 1. The zero-order chi connectivity index (χ0) is 12.9. The first-order valence-electron chi connectivity index (χ1n) is 6.96. The second-order valence-corrected chi connectivity index (χ2v) is 6.13. The van der Waals surface area contributed by atoms with Crippen molar-refractivity contribution in [2.24, 2.45) is 5.41 Å². The van der Waals surface area contributed by atoms with Crippen LogP contribution in [0, 0.1) is 5.41 Å². The van der Waals surface area contributed by atoms with Crippen LogP contribution in [0.4, 0.5) is 0 Å². The number of hydrogen-bond acceptors (Lipinski definition) is 2. The van der Waals surface area contributed by atoms with Crippen LogP contribution in [0.25, 0.3) is 0 Å². The van der Waals surface area contributed by atoms with Crippen molar-refractivity contribution in [3.05, 3.63) is 0 Å².